The summed E-state index contributed by atoms with van der Waals surface area (Å²) in [6.45, 7) is 0.661. The van der Waals surface area contributed by atoms with Crippen molar-refractivity contribution in [2.75, 3.05) is 23.3 Å². The van der Waals surface area contributed by atoms with Gasteiger partial charge < -0.3 is 21.3 Å². The maximum atomic E-state index is 10.9. The van der Waals surface area contributed by atoms with Crippen molar-refractivity contribution < 1.29 is 15.0 Å². The molecule has 3 rings (SSSR count). The van der Waals surface area contributed by atoms with Gasteiger partial charge in [0.2, 0.25) is 0 Å². The van der Waals surface area contributed by atoms with Crippen LogP contribution in [0, 0.1) is 0 Å². The maximum absolute atomic E-state index is 10.9. The molecule has 1 aromatic heterocycles. The van der Waals surface area contributed by atoms with Crippen LogP contribution >= 0.6 is 34.7 Å². The molecule has 0 unspecified atom stereocenters. The average molecular weight is 409 g/mol. The van der Waals surface area contributed by atoms with Crippen molar-refractivity contribution in [1.82, 2.24) is 0 Å². The van der Waals surface area contributed by atoms with Crippen LogP contribution in [0.1, 0.15) is 4.88 Å². The molecule has 0 aliphatic rings. The Bertz CT molecular complexity index is 940. The number of nitrogen functional groups attached to an aromatic ring is 1. The Morgan fingerprint density at radius 3 is 2.65 bits per heavy atom. The van der Waals surface area contributed by atoms with Crippen LogP contribution in [0.15, 0.2) is 41.3 Å². The zero-order valence-corrected chi connectivity index (χ0v) is 16.0. The van der Waals surface area contributed by atoms with E-state index < -0.39 is 5.97 Å². The number of carboxylic acid groups (broad SMARTS) is 1. The monoisotopic (exact) mass is 408 g/mol. The Morgan fingerprint density at radius 1 is 1.27 bits per heavy atom. The highest BCUT2D eigenvalue weighted by molar-refractivity contribution is 8.00. The third kappa shape index (κ3) is 4.17. The van der Waals surface area contributed by atoms with E-state index in [1.54, 1.807) is 6.07 Å². The van der Waals surface area contributed by atoms with Crippen molar-refractivity contribution in [2.24, 2.45) is 0 Å². The van der Waals surface area contributed by atoms with Gasteiger partial charge in [0.05, 0.1) is 15.7 Å². The van der Waals surface area contributed by atoms with E-state index in [-0.39, 0.29) is 11.5 Å². The molecule has 0 saturated heterocycles. The highest BCUT2D eigenvalue weighted by Crippen LogP contribution is 2.39. The van der Waals surface area contributed by atoms with Gasteiger partial charge in [-0.25, -0.2) is 0 Å². The van der Waals surface area contributed by atoms with E-state index in [0.717, 1.165) is 34.1 Å². The second-order valence-electron chi connectivity index (χ2n) is 5.60. The first-order valence-corrected chi connectivity index (χ1v) is 10.0. The van der Waals surface area contributed by atoms with Crippen molar-refractivity contribution in [2.45, 2.75) is 11.3 Å². The molecule has 5 N–H and O–H groups in total. The molecule has 8 heteroatoms. The SMILES string of the molecule is Nc1sc(CCNc2cc(SCC(=O)O)c(O)c3ccccc23)cc1Cl. The fourth-order valence-corrected chi connectivity index (χ4v) is 4.46. The topological polar surface area (TPSA) is 95.6 Å². The van der Waals surface area contributed by atoms with Crippen molar-refractivity contribution in [3.8, 4) is 5.75 Å². The summed E-state index contributed by atoms with van der Waals surface area (Å²) in [5, 5.41) is 25.5. The van der Waals surface area contributed by atoms with Gasteiger partial charge in [0.15, 0.2) is 0 Å². The number of phenols is 1. The van der Waals surface area contributed by atoms with Gasteiger partial charge in [0.1, 0.15) is 10.8 Å². The number of thiophene rings is 1. The quantitative estimate of drug-likeness (QED) is 0.335. The number of hydrogen-bond donors (Lipinski definition) is 4. The Kier molecular flexibility index (Phi) is 5.80. The summed E-state index contributed by atoms with van der Waals surface area (Å²) in [6.07, 6.45) is 0.758. The number of phenolic OH excluding ortho intramolecular Hbond substituents is 1. The molecule has 3 aromatic rings. The minimum atomic E-state index is -0.927. The number of nitrogens with two attached hydrogens (primary N) is 1. The van der Waals surface area contributed by atoms with E-state index in [2.05, 4.69) is 5.32 Å². The molecule has 0 amide bonds. The molecule has 0 atom stereocenters. The lowest BCUT2D eigenvalue weighted by Gasteiger charge is -2.14. The molecule has 0 aliphatic heterocycles. The van der Waals surface area contributed by atoms with Crippen molar-refractivity contribution in [3.05, 3.63) is 46.3 Å². The minimum absolute atomic E-state index is 0.107. The molecule has 0 spiro atoms. The van der Waals surface area contributed by atoms with Crippen LogP contribution in [0.5, 0.6) is 5.75 Å². The molecule has 136 valence electrons. The number of aliphatic carboxylic acids is 1. The number of halogens is 1. The lowest BCUT2D eigenvalue weighted by molar-refractivity contribution is -0.133. The minimum Gasteiger partial charge on any atom is -0.506 e. The molecule has 26 heavy (non-hydrogen) atoms. The zero-order valence-electron chi connectivity index (χ0n) is 13.7. The zero-order chi connectivity index (χ0) is 18.7. The second-order valence-corrected chi connectivity index (χ2v) is 8.19. The van der Waals surface area contributed by atoms with E-state index in [0.29, 0.717) is 26.9 Å². The number of carboxylic acids is 1. The van der Waals surface area contributed by atoms with Crippen LogP contribution in [0.3, 0.4) is 0 Å². The molecular weight excluding hydrogens is 392 g/mol. The fourth-order valence-electron chi connectivity index (χ4n) is 2.61. The van der Waals surface area contributed by atoms with Crippen LogP contribution in [0.4, 0.5) is 10.7 Å². The summed E-state index contributed by atoms with van der Waals surface area (Å²) in [4.78, 5) is 12.5. The van der Waals surface area contributed by atoms with E-state index in [4.69, 9.17) is 22.4 Å². The number of fused-ring (bicyclic) bond motifs is 1. The summed E-state index contributed by atoms with van der Waals surface area (Å²) >= 11 is 8.55. The Labute approximate surface area is 163 Å². The Balaban J connectivity index is 1.83. The Morgan fingerprint density at radius 2 is 2.00 bits per heavy atom. The lowest BCUT2D eigenvalue weighted by Crippen LogP contribution is -2.05. The highest BCUT2D eigenvalue weighted by Gasteiger charge is 2.13. The molecule has 0 bridgehead atoms. The van der Waals surface area contributed by atoms with Crippen molar-refractivity contribution >= 4 is 62.1 Å². The fraction of sp³-hybridized carbons (Fsp3) is 0.167. The van der Waals surface area contributed by atoms with Crippen molar-refractivity contribution in [1.29, 1.82) is 0 Å². The molecule has 5 nitrogen and oxygen atoms in total. The third-order valence-corrected chi connectivity index (χ3v) is 6.25. The third-order valence-electron chi connectivity index (χ3n) is 3.78. The molecule has 0 saturated carbocycles. The van der Waals surface area contributed by atoms with E-state index >= 15 is 0 Å². The number of anilines is 2. The predicted molar refractivity (Wildman–Crippen MR) is 110 cm³/mol. The first-order valence-electron chi connectivity index (χ1n) is 7.82. The molecule has 2 aromatic carbocycles. The van der Waals surface area contributed by atoms with Crippen LogP contribution in [-0.2, 0) is 11.2 Å². The van der Waals surface area contributed by atoms with Crippen LogP contribution in [0.2, 0.25) is 5.02 Å². The van der Waals surface area contributed by atoms with Gasteiger partial charge in [-0.3, -0.25) is 4.79 Å². The number of aromatic hydroxyl groups is 1. The Hall–Kier alpha value is -2.09. The van der Waals surface area contributed by atoms with Crippen LogP contribution in [-0.4, -0.2) is 28.5 Å². The summed E-state index contributed by atoms with van der Waals surface area (Å²) in [5.74, 6) is -0.933. The predicted octanol–water partition coefficient (Wildman–Crippen LogP) is 4.67. The molecule has 0 fully saturated rings. The summed E-state index contributed by atoms with van der Waals surface area (Å²) in [7, 11) is 0. The van der Waals surface area contributed by atoms with Gasteiger partial charge in [-0.05, 0) is 18.6 Å². The lowest BCUT2D eigenvalue weighted by atomic mass is 10.1. The smallest absolute Gasteiger partial charge is 0.313 e. The largest absolute Gasteiger partial charge is 0.506 e. The number of nitrogens with one attached hydrogen (secondary N) is 1. The maximum Gasteiger partial charge on any atom is 0.313 e. The molecule has 1 heterocycles. The van der Waals surface area contributed by atoms with Gasteiger partial charge in [-0.1, -0.05) is 35.9 Å². The van der Waals surface area contributed by atoms with Crippen molar-refractivity contribution in [3.63, 3.8) is 0 Å². The van der Waals surface area contributed by atoms with Gasteiger partial charge in [-0.2, -0.15) is 0 Å². The molecule has 0 aliphatic carbocycles. The van der Waals surface area contributed by atoms with Gasteiger partial charge >= 0.3 is 5.97 Å². The number of rotatable bonds is 7. The van der Waals surface area contributed by atoms with Crippen LogP contribution < -0.4 is 11.1 Å². The van der Waals surface area contributed by atoms with E-state index in [1.165, 1.54) is 11.3 Å². The van der Waals surface area contributed by atoms with E-state index in [1.807, 2.05) is 30.3 Å². The van der Waals surface area contributed by atoms with Gasteiger partial charge in [0.25, 0.3) is 0 Å². The number of thioether (sulfide) groups is 1. The van der Waals surface area contributed by atoms with Crippen LogP contribution in [0.25, 0.3) is 10.8 Å². The first kappa shape index (κ1) is 18.7. The average Bonchev–Trinajstić information content (AvgIpc) is 2.93. The standard InChI is InChI=1S/C18H17ClN2O3S2/c19-13-7-10(26-18(13)20)5-6-21-14-8-15(25-9-16(22)23)17(24)12-4-2-1-3-11(12)14/h1-4,7-8,21,24H,5-6,9,20H2,(H,22,23). The number of carbonyl (C=O) groups is 1. The summed E-state index contributed by atoms with van der Waals surface area (Å²) in [5.41, 5.74) is 6.63. The van der Waals surface area contributed by atoms with E-state index in [9.17, 15) is 9.90 Å². The van der Waals surface area contributed by atoms with Gasteiger partial charge in [0, 0.05) is 27.9 Å². The first-order chi connectivity index (χ1) is 12.5. The highest BCUT2D eigenvalue weighted by atomic mass is 35.5. The summed E-state index contributed by atoms with van der Waals surface area (Å²) < 4.78 is 0. The molecular formula is C18H17ClN2O3S2. The number of benzene rings is 2. The molecule has 0 radical (unpaired) electrons. The van der Waals surface area contributed by atoms with Gasteiger partial charge in [-0.15, -0.1) is 23.1 Å². The number of hydrogen-bond acceptors (Lipinski definition) is 6. The summed E-state index contributed by atoms with van der Waals surface area (Å²) in [6, 6.07) is 11.1. The normalized spacial score (nSPS) is 11.0. The second kappa shape index (κ2) is 8.07.